The summed E-state index contributed by atoms with van der Waals surface area (Å²) in [6, 6.07) is 14.1. The quantitative estimate of drug-likeness (QED) is 0.789. The highest BCUT2D eigenvalue weighted by atomic mass is 79.9. The van der Waals surface area contributed by atoms with Crippen LogP contribution in [0.15, 0.2) is 53.0 Å². The zero-order chi connectivity index (χ0) is 15.7. The number of hydrogen-bond acceptors (Lipinski definition) is 3. The predicted octanol–water partition coefficient (Wildman–Crippen LogP) is 3.32. The van der Waals surface area contributed by atoms with Crippen molar-refractivity contribution in [2.75, 3.05) is 7.11 Å². The summed E-state index contributed by atoms with van der Waals surface area (Å²) in [6.07, 6.45) is 0. The highest BCUT2D eigenvalue weighted by Crippen LogP contribution is 2.33. The van der Waals surface area contributed by atoms with Crippen molar-refractivity contribution in [2.45, 2.75) is 12.6 Å². The van der Waals surface area contributed by atoms with Gasteiger partial charge < -0.3 is 9.64 Å². The average molecular weight is 360 g/mol. The molecule has 1 aliphatic heterocycles. The molecule has 0 radical (unpaired) electrons. The Morgan fingerprint density at radius 1 is 1.23 bits per heavy atom. The Balaban J connectivity index is 2.01. The molecule has 0 aromatic heterocycles. The molecule has 1 unspecified atom stereocenters. The molecule has 0 aliphatic carbocycles. The monoisotopic (exact) mass is 359 g/mol. The minimum absolute atomic E-state index is 0.157. The molecule has 112 valence electrons. The molecule has 0 bridgehead atoms. The Bertz CT molecular complexity index is 730. The van der Waals surface area contributed by atoms with Crippen LogP contribution >= 0.6 is 15.9 Å². The van der Waals surface area contributed by atoms with Crippen molar-refractivity contribution in [3.8, 4) is 0 Å². The maximum Gasteiger partial charge on any atom is 0.333 e. The summed E-state index contributed by atoms with van der Waals surface area (Å²) in [5, 5.41) is 0. The summed E-state index contributed by atoms with van der Waals surface area (Å²) < 4.78 is 5.75. The van der Waals surface area contributed by atoms with E-state index in [9.17, 15) is 9.59 Å². The molecule has 5 heteroatoms. The zero-order valence-electron chi connectivity index (χ0n) is 12.0. The first kappa shape index (κ1) is 14.8. The van der Waals surface area contributed by atoms with E-state index in [0.717, 1.165) is 15.6 Å². The van der Waals surface area contributed by atoms with E-state index < -0.39 is 12.0 Å². The lowest BCUT2D eigenvalue weighted by atomic mass is 10.1. The molecule has 2 aromatic carbocycles. The number of carbonyl (C=O) groups is 2. The van der Waals surface area contributed by atoms with E-state index in [1.165, 1.54) is 7.11 Å². The van der Waals surface area contributed by atoms with Crippen LogP contribution in [0.5, 0.6) is 0 Å². The Morgan fingerprint density at radius 2 is 1.95 bits per heavy atom. The molecule has 4 nitrogen and oxygen atoms in total. The smallest absolute Gasteiger partial charge is 0.333 e. The number of carbonyl (C=O) groups excluding carboxylic acids is 2. The molecule has 0 saturated heterocycles. The predicted molar refractivity (Wildman–Crippen MR) is 85.2 cm³/mol. The zero-order valence-corrected chi connectivity index (χ0v) is 13.5. The second-order valence-corrected chi connectivity index (χ2v) is 5.99. The van der Waals surface area contributed by atoms with Gasteiger partial charge >= 0.3 is 5.97 Å². The van der Waals surface area contributed by atoms with Gasteiger partial charge in [-0.05, 0) is 23.3 Å². The number of halogens is 1. The third kappa shape index (κ3) is 2.52. The van der Waals surface area contributed by atoms with Gasteiger partial charge in [0.1, 0.15) is 0 Å². The summed E-state index contributed by atoms with van der Waals surface area (Å²) in [5.74, 6) is -0.595. The average Bonchev–Trinajstić information content (AvgIpc) is 2.85. The summed E-state index contributed by atoms with van der Waals surface area (Å²) in [7, 11) is 1.34. The fourth-order valence-electron chi connectivity index (χ4n) is 2.69. The van der Waals surface area contributed by atoms with E-state index >= 15 is 0 Å². The first-order valence-corrected chi connectivity index (χ1v) is 7.63. The van der Waals surface area contributed by atoms with E-state index in [-0.39, 0.29) is 5.91 Å². The van der Waals surface area contributed by atoms with Crippen LogP contribution in [0.1, 0.15) is 27.5 Å². The molecule has 22 heavy (non-hydrogen) atoms. The molecule has 3 rings (SSSR count). The van der Waals surface area contributed by atoms with Crippen molar-refractivity contribution in [3.05, 3.63) is 69.7 Å². The van der Waals surface area contributed by atoms with Gasteiger partial charge in [0.25, 0.3) is 5.91 Å². The standard InChI is InChI=1S/C17H14BrNO3/c1-22-17(21)15(11-5-3-2-4-6-11)19-10-12-7-8-13(18)9-14(12)16(19)20/h2-9,15H,10H2,1H3. The first-order valence-electron chi connectivity index (χ1n) is 6.84. The van der Waals surface area contributed by atoms with Gasteiger partial charge in [0, 0.05) is 16.6 Å². The molecule has 0 saturated carbocycles. The van der Waals surface area contributed by atoms with Gasteiger partial charge in [0.2, 0.25) is 0 Å². The normalized spacial score (nSPS) is 14.6. The molecular weight excluding hydrogens is 346 g/mol. The van der Waals surface area contributed by atoms with Crippen LogP contribution in [-0.2, 0) is 16.1 Å². The number of benzene rings is 2. The maximum atomic E-state index is 12.7. The van der Waals surface area contributed by atoms with Gasteiger partial charge in [-0.25, -0.2) is 4.79 Å². The lowest BCUT2D eigenvalue weighted by molar-refractivity contribution is -0.146. The number of hydrogen-bond donors (Lipinski definition) is 0. The lowest BCUT2D eigenvalue weighted by Gasteiger charge is -2.25. The van der Waals surface area contributed by atoms with Gasteiger partial charge in [0.15, 0.2) is 6.04 Å². The van der Waals surface area contributed by atoms with Crippen molar-refractivity contribution in [3.63, 3.8) is 0 Å². The summed E-state index contributed by atoms with van der Waals surface area (Å²) in [5.41, 5.74) is 2.28. The second kappa shape index (κ2) is 5.93. The van der Waals surface area contributed by atoms with E-state index in [0.29, 0.717) is 12.1 Å². The minimum atomic E-state index is -0.732. The van der Waals surface area contributed by atoms with Crippen LogP contribution in [0.4, 0.5) is 0 Å². The summed E-state index contributed by atoms with van der Waals surface area (Å²) >= 11 is 3.37. The number of nitrogens with zero attached hydrogens (tertiary/aromatic N) is 1. The lowest BCUT2D eigenvalue weighted by Crippen LogP contribution is -2.35. The SMILES string of the molecule is COC(=O)C(c1ccccc1)N1Cc2ccc(Br)cc2C1=O. The number of fused-ring (bicyclic) bond motifs is 1. The summed E-state index contributed by atoms with van der Waals surface area (Å²) in [6.45, 7) is 0.399. The molecule has 0 fully saturated rings. The van der Waals surface area contributed by atoms with Crippen LogP contribution < -0.4 is 0 Å². The maximum absolute atomic E-state index is 12.7. The molecule has 1 aliphatic rings. The number of ether oxygens (including phenoxy) is 1. The van der Waals surface area contributed by atoms with Crippen LogP contribution in [-0.4, -0.2) is 23.9 Å². The van der Waals surface area contributed by atoms with Crippen molar-refractivity contribution in [1.82, 2.24) is 4.90 Å². The van der Waals surface area contributed by atoms with Crippen molar-refractivity contribution in [2.24, 2.45) is 0 Å². The largest absolute Gasteiger partial charge is 0.467 e. The van der Waals surface area contributed by atoms with Gasteiger partial charge in [-0.3, -0.25) is 4.79 Å². The molecule has 0 spiro atoms. The molecule has 2 aromatic rings. The highest BCUT2D eigenvalue weighted by Gasteiger charge is 2.37. The molecular formula is C17H14BrNO3. The minimum Gasteiger partial charge on any atom is -0.467 e. The van der Waals surface area contributed by atoms with E-state index in [2.05, 4.69) is 15.9 Å². The third-order valence-corrected chi connectivity index (χ3v) is 4.25. The number of methoxy groups -OCH3 is 1. The fourth-order valence-corrected chi connectivity index (χ4v) is 3.06. The molecule has 0 N–H and O–H groups in total. The van der Waals surface area contributed by atoms with Gasteiger partial charge in [0.05, 0.1) is 7.11 Å². The van der Waals surface area contributed by atoms with E-state index in [4.69, 9.17) is 4.74 Å². The Morgan fingerprint density at radius 3 is 2.64 bits per heavy atom. The molecule has 1 amide bonds. The van der Waals surface area contributed by atoms with E-state index in [1.54, 1.807) is 11.0 Å². The van der Waals surface area contributed by atoms with Gasteiger partial charge in [-0.2, -0.15) is 0 Å². The fraction of sp³-hybridized carbons (Fsp3) is 0.176. The van der Waals surface area contributed by atoms with Crippen LogP contribution in [0.3, 0.4) is 0 Å². The Labute approximate surface area is 136 Å². The highest BCUT2D eigenvalue weighted by molar-refractivity contribution is 9.10. The van der Waals surface area contributed by atoms with Crippen LogP contribution in [0, 0.1) is 0 Å². The molecule has 1 atom stereocenters. The summed E-state index contributed by atoms with van der Waals surface area (Å²) in [4.78, 5) is 26.5. The number of amides is 1. The van der Waals surface area contributed by atoms with Crippen LogP contribution in [0.25, 0.3) is 0 Å². The van der Waals surface area contributed by atoms with Gasteiger partial charge in [-0.1, -0.05) is 52.3 Å². The number of rotatable bonds is 3. The number of esters is 1. The third-order valence-electron chi connectivity index (χ3n) is 3.76. The van der Waals surface area contributed by atoms with Crippen LogP contribution in [0.2, 0.25) is 0 Å². The first-order chi connectivity index (χ1) is 10.6. The van der Waals surface area contributed by atoms with Gasteiger partial charge in [-0.15, -0.1) is 0 Å². The molecule has 1 heterocycles. The second-order valence-electron chi connectivity index (χ2n) is 5.07. The Kier molecular flexibility index (Phi) is 3.98. The van der Waals surface area contributed by atoms with E-state index in [1.807, 2.05) is 42.5 Å². The van der Waals surface area contributed by atoms with Crippen molar-refractivity contribution >= 4 is 27.8 Å². The van der Waals surface area contributed by atoms with Crippen molar-refractivity contribution < 1.29 is 14.3 Å². The van der Waals surface area contributed by atoms with Crippen molar-refractivity contribution in [1.29, 1.82) is 0 Å². The topological polar surface area (TPSA) is 46.6 Å². The Hall–Kier alpha value is -2.14.